The van der Waals surface area contributed by atoms with Crippen LogP contribution in [-0.2, 0) is 0 Å². The molecular formula is C34H30ClF7N6O2S. The summed E-state index contributed by atoms with van der Waals surface area (Å²) in [5.74, 6) is -3.68. The van der Waals surface area contributed by atoms with Gasteiger partial charge in [0.05, 0.1) is 26.2 Å². The van der Waals surface area contributed by atoms with Crippen LogP contribution in [-0.4, -0.2) is 77.8 Å². The first kappa shape index (κ1) is 34.3. The molecular weight excluding hydrogens is 725 g/mol. The van der Waals surface area contributed by atoms with E-state index in [0.717, 1.165) is 23.8 Å². The van der Waals surface area contributed by atoms with Gasteiger partial charge in [-0.1, -0.05) is 17.7 Å². The molecule has 0 amide bonds. The molecule has 0 saturated carbocycles. The zero-order valence-corrected chi connectivity index (χ0v) is 28.3. The molecule has 0 spiro atoms. The fourth-order valence-electron chi connectivity index (χ4n) is 8.55. The Morgan fingerprint density at radius 3 is 2.69 bits per heavy atom. The van der Waals surface area contributed by atoms with Crippen LogP contribution in [0.25, 0.3) is 32.1 Å². The number of nitrogens with two attached hydrogens (primary N) is 1. The van der Waals surface area contributed by atoms with Crippen molar-refractivity contribution in [3.8, 4) is 29.0 Å². The molecule has 0 bridgehead atoms. The zero-order valence-electron chi connectivity index (χ0n) is 26.8. The fourth-order valence-corrected chi connectivity index (χ4v) is 9.82. The van der Waals surface area contributed by atoms with Crippen molar-refractivity contribution in [2.75, 3.05) is 36.9 Å². The van der Waals surface area contributed by atoms with E-state index < -0.39 is 82.5 Å². The van der Waals surface area contributed by atoms with E-state index >= 15 is 8.78 Å². The summed E-state index contributed by atoms with van der Waals surface area (Å²) in [6.45, 7) is 0.989. The van der Waals surface area contributed by atoms with Crippen LogP contribution in [0.5, 0.6) is 11.8 Å². The van der Waals surface area contributed by atoms with Crippen molar-refractivity contribution in [2.24, 2.45) is 5.92 Å². The predicted molar refractivity (Wildman–Crippen MR) is 178 cm³/mol. The second-order valence-corrected chi connectivity index (χ2v) is 15.1. The first-order chi connectivity index (χ1) is 24.4. The van der Waals surface area contributed by atoms with Gasteiger partial charge in [-0.05, 0) is 43.9 Å². The maximum Gasteiger partial charge on any atom is 0.319 e. The lowest BCUT2D eigenvalue weighted by molar-refractivity contribution is -0.0163. The number of piperidine rings is 1. The largest absolute Gasteiger partial charge is 0.482 e. The molecule has 0 radical (unpaired) electrons. The van der Waals surface area contributed by atoms with Crippen LogP contribution in [0.4, 0.5) is 41.6 Å². The van der Waals surface area contributed by atoms with E-state index in [2.05, 4.69) is 9.97 Å². The molecule has 270 valence electrons. The summed E-state index contributed by atoms with van der Waals surface area (Å²) < 4.78 is 117. The second kappa shape index (κ2) is 12.7. The normalized spacial score (nSPS) is 26.3. The van der Waals surface area contributed by atoms with Gasteiger partial charge in [-0.15, -0.1) is 11.3 Å². The van der Waals surface area contributed by atoms with Gasteiger partial charge in [-0.2, -0.15) is 15.2 Å². The minimum absolute atomic E-state index is 0.0346. The Hall–Kier alpha value is -3.81. The number of aromatic nitrogens is 2. The number of hydrogen-bond acceptors (Lipinski definition) is 9. The molecule has 2 aromatic heterocycles. The van der Waals surface area contributed by atoms with Crippen LogP contribution >= 0.6 is 22.9 Å². The number of ether oxygens (including phenoxy) is 2. The minimum atomic E-state index is -3.16. The van der Waals surface area contributed by atoms with E-state index in [0.29, 0.717) is 13.0 Å². The molecule has 6 heterocycles. The summed E-state index contributed by atoms with van der Waals surface area (Å²) in [4.78, 5) is 12.4. The van der Waals surface area contributed by atoms with E-state index in [1.165, 1.54) is 11.0 Å². The number of nitriles is 1. The Morgan fingerprint density at radius 1 is 1.14 bits per heavy atom. The van der Waals surface area contributed by atoms with Crippen molar-refractivity contribution in [1.82, 2.24) is 14.9 Å². The quantitative estimate of drug-likeness (QED) is 0.197. The molecule has 17 heteroatoms. The first-order valence-electron chi connectivity index (χ1n) is 16.6. The monoisotopic (exact) mass is 754 g/mol. The number of nitrogens with zero attached hydrogens (tertiary/aromatic N) is 5. The molecule has 4 unspecified atom stereocenters. The van der Waals surface area contributed by atoms with Crippen LogP contribution in [0.15, 0.2) is 12.1 Å². The predicted octanol–water partition coefficient (Wildman–Crippen LogP) is 8.12. The molecule has 0 aliphatic carbocycles. The number of anilines is 2. The Labute approximate surface area is 295 Å². The molecule has 8 rings (SSSR count). The Balaban J connectivity index is 1.39. The molecule has 4 aliphatic rings. The van der Waals surface area contributed by atoms with Gasteiger partial charge in [0.25, 0.3) is 6.43 Å². The number of alkyl halides is 5. The van der Waals surface area contributed by atoms with Crippen molar-refractivity contribution in [3.05, 3.63) is 34.4 Å². The third kappa shape index (κ3) is 5.40. The second-order valence-electron chi connectivity index (χ2n) is 13.6. The third-order valence-electron chi connectivity index (χ3n) is 10.8. The lowest BCUT2D eigenvalue weighted by Crippen LogP contribution is -2.52. The van der Waals surface area contributed by atoms with E-state index in [1.54, 1.807) is 0 Å². The maximum atomic E-state index is 17.3. The first-order valence-corrected chi connectivity index (χ1v) is 17.8. The molecule has 3 fully saturated rings. The topological polar surface area (TPSA) is 101 Å². The summed E-state index contributed by atoms with van der Waals surface area (Å²) in [7, 11) is 0. The number of benzene rings is 2. The molecule has 3 saturated heterocycles. The molecule has 5 atom stereocenters. The third-order valence-corrected chi connectivity index (χ3v) is 12.2. The van der Waals surface area contributed by atoms with Crippen LogP contribution in [0.3, 0.4) is 0 Å². The maximum absolute atomic E-state index is 17.3. The molecule has 8 nitrogen and oxygen atoms in total. The summed E-state index contributed by atoms with van der Waals surface area (Å²) >= 11 is 7.68. The van der Waals surface area contributed by atoms with Gasteiger partial charge in [0.15, 0.2) is 17.7 Å². The molecule has 4 aromatic rings. The summed E-state index contributed by atoms with van der Waals surface area (Å²) in [5, 5.41) is 9.12. The van der Waals surface area contributed by atoms with Gasteiger partial charge in [-0.3, -0.25) is 4.90 Å². The fraction of sp³-hybridized carbons (Fsp3) is 0.500. The van der Waals surface area contributed by atoms with E-state index in [4.69, 9.17) is 26.8 Å². The smallest absolute Gasteiger partial charge is 0.319 e. The van der Waals surface area contributed by atoms with Gasteiger partial charge < -0.3 is 20.1 Å². The van der Waals surface area contributed by atoms with Crippen LogP contribution in [0, 0.1) is 28.9 Å². The van der Waals surface area contributed by atoms with E-state index in [1.807, 2.05) is 11.0 Å². The van der Waals surface area contributed by atoms with Crippen molar-refractivity contribution < 1.29 is 40.2 Å². The van der Waals surface area contributed by atoms with Crippen LogP contribution in [0.1, 0.15) is 44.1 Å². The zero-order chi connectivity index (χ0) is 35.9. The molecule has 51 heavy (non-hydrogen) atoms. The van der Waals surface area contributed by atoms with E-state index in [-0.39, 0.29) is 82.4 Å². The van der Waals surface area contributed by atoms with Crippen molar-refractivity contribution in [2.45, 2.75) is 75.2 Å². The summed E-state index contributed by atoms with van der Waals surface area (Å²) in [6.07, 6.45) is -7.57. The highest BCUT2D eigenvalue weighted by molar-refractivity contribution is 7.23. The van der Waals surface area contributed by atoms with Crippen LogP contribution in [0.2, 0.25) is 5.02 Å². The number of rotatable bonds is 6. The van der Waals surface area contributed by atoms with Crippen molar-refractivity contribution in [1.29, 1.82) is 5.26 Å². The average Bonchev–Trinajstić information content (AvgIpc) is 3.74. The minimum Gasteiger partial charge on any atom is -0.482 e. The number of fused-ring (bicyclic) bond motifs is 4. The number of hydrogen-bond donors (Lipinski definition) is 1. The Kier molecular flexibility index (Phi) is 8.54. The Morgan fingerprint density at radius 2 is 1.94 bits per heavy atom. The number of nitrogen functional groups attached to an aromatic ring is 1. The molecule has 2 N–H and O–H groups in total. The summed E-state index contributed by atoms with van der Waals surface area (Å²) in [6, 6.07) is 2.63. The van der Waals surface area contributed by atoms with Gasteiger partial charge >= 0.3 is 6.01 Å². The van der Waals surface area contributed by atoms with Gasteiger partial charge in [0.2, 0.25) is 6.43 Å². The van der Waals surface area contributed by atoms with Crippen molar-refractivity contribution >= 4 is 54.7 Å². The SMILES string of the molecule is N#Cc1c(N)sc2c(F)ccc(-c3c(Cl)c4c5c(nc(OCC67CCCN6C[C@H](F)C7)nc5c3F)N3CCCC(C(F)F)C3CC(C(F)F)O4)c12. The van der Waals surface area contributed by atoms with E-state index in [9.17, 15) is 27.2 Å². The van der Waals surface area contributed by atoms with Crippen LogP contribution < -0.4 is 20.1 Å². The number of halogens is 8. The molecule has 4 aliphatic heterocycles. The standard InChI is InChI=1S/C34H30ClF7N6O2S/c35-24-22(16-4-5-18(37)28-21(16)17(11-43)31(44)51-28)25(38)26-23-27(24)50-20(30(41)42)9-19-15(29(39)40)3-1-8-48(19)32(23)46-33(45-26)49-13-34-6-2-7-47(34)12-14(36)10-34/h4-5,14-15,19-20,29-30H,1-3,6-10,12-13,44H2/t14-,15?,19?,20?,34?/m1/s1. The lowest BCUT2D eigenvalue weighted by Gasteiger charge is -2.44. The average molecular weight is 755 g/mol. The highest BCUT2D eigenvalue weighted by Crippen LogP contribution is 2.52. The lowest BCUT2D eigenvalue weighted by atomic mass is 9.85. The van der Waals surface area contributed by atoms with Gasteiger partial charge in [-0.25, -0.2) is 30.7 Å². The Bertz CT molecular complexity index is 2100. The molecule has 2 aromatic carbocycles. The highest BCUT2D eigenvalue weighted by atomic mass is 35.5. The number of thiophene rings is 1. The highest BCUT2D eigenvalue weighted by Gasteiger charge is 2.50. The summed E-state index contributed by atoms with van der Waals surface area (Å²) in [5.41, 5.74) is 4.26. The van der Waals surface area contributed by atoms with Crippen molar-refractivity contribution in [3.63, 3.8) is 0 Å². The van der Waals surface area contributed by atoms with Gasteiger partial charge in [0.1, 0.15) is 41.0 Å². The van der Waals surface area contributed by atoms with Gasteiger partial charge in [0, 0.05) is 48.8 Å².